The first-order valence-corrected chi connectivity index (χ1v) is 7.48. The monoisotopic (exact) mass is 317 g/mol. The molecule has 0 aromatic carbocycles. The van der Waals surface area contributed by atoms with Crippen LogP contribution in [0.4, 0.5) is 0 Å². The lowest BCUT2D eigenvalue weighted by atomic mass is 10.2. The third-order valence-electron chi connectivity index (χ3n) is 3.73. The highest BCUT2D eigenvalue weighted by Gasteiger charge is 2.27. The largest absolute Gasteiger partial charge is 0.367 e. The van der Waals surface area contributed by atoms with Crippen LogP contribution in [0, 0.1) is 13.8 Å². The summed E-state index contributed by atoms with van der Waals surface area (Å²) >= 11 is 0. The van der Waals surface area contributed by atoms with Crippen LogP contribution in [-0.4, -0.2) is 50.3 Å². The molecule has 2 aromatic rings. The second-order valence-electron chi connectivity index (χ2n) is 5.62. The van der Waals surface area contributed by atoms with Gasteiger partial charge in [-0.05, 0) is 19.9 Å². The summed E-state index contributed by atoms with van der Waals surface area (Å²) in [7, 11) is 0. The minimum absolute atomic E-state index is 0.0651. The lowest BCUT2D eigenvalue weighted by Crippen LogP contribution is -2.45. The van der Waals surface area contributed by atoms with E-state index >= 15 is 0 Å². The SMILES string of the molecule is Cc1ccc(=O)n(CC(=O)N2CCOC(c3ncc(C)[nH]3)C2)n1. The molecule has 3 heterocycles. The van der Waals surface area contributed by atoms with Crippen LogP contribution in [0.25, 0.3) is 0 Å². The van der Waals surface area contributed by atoms with Gasteiger partial charge >= 0.3 is 0 Å². The van der Waals surface area contributed by atoms with Crippen LogP contribution in [0.5, 0.6) is 0 Å². The van der Waals surface area contributed by atoms with Gasteiger partial charge in [0.15, 0.2) is 0 Å². The van der Waals surface area contributed by atoms with E-state index in [1.807, 2.05) is 6.92 Å². The summed E-state index contributed by atoms with van der Waals surface area (Å²) in [6, 6.07) is 3.05. The van der Waals surface area contributed by atoms with E-state index < -0.39 is 0 Å². The van der Waals surface area contributed by atoms with Crippen molar-refractivity contribution < 1.29 is 9.53 Å². The molecule has 8 nitrogen and oxygen atoms in total. The first kappa shape index (κ1) is 15.4. The zero-order chi connectivity index (χ0) is 16.4. The minimum atomic E-state index is -0.282. The van der Waals surface area contributed by atoms with E-state index in [0.717, 1.165) is 5.69 Å². The topological polar surface area (TPSA) is 93.1 Å². The van der Waals surface area contributed by atoms with E-state index in [0.29, 0.717) is 31.2 Å². The standard InChI is InChI=1S/C15H19N5O3/c1-10-3-4-13(21)20(18-10)9-14(22)19-5-6-23-12(8-19)15-16-7-11(2)17-15/h3-4,7,12H,5-6,8-9H2,1-2H3,(H,16,17). The molecule has 3 rings (SSSR count). The summed E-state index contributed by atoms with van der Waals surface area (Å²) in [6.45, 7) is 4.97. The fraction of sp³-hybridized carbons (Fsp3) is 0.467. The molecule has 122 valence electrons. The molecular formula is C15H19N5O3. The van der Waals surface area contributed by atoms with Crippen molar-refractivity contribution in [3.63, 3.8) is 0 Å². The highest BCUT2D eigenvalue weighted by molar-refractivity contribution is 5.76. The molecule has 0 bridgehead atoms. The summed E-state index contributed by atoms with van der Waals surface area (Å²) in [5, 5.41) is 4.09. The van der Waals surface area contributed by atoms with E-state index in [-0.39, 0.29) is 24.1 Å². The van der Waals surface area contributed by atoms with Crippen LogP contribution in [0.2, 0.25) is 0 Å². The number of hydrogen-bond acceptors (Lipinski definition) is 5. The lowest BCUT2D eigenvalue weighted by molar-refractivity contribution is -0.140. The van der Waals surface area contributed by atoms with Gasteiger partial charge in [-0.1, -0.05) is 0 Å². The average Bonchev–Trinajstić information content (AvgIpc) is 2.97. The molecule has 1 unspecified atom stereocenters. The Kier molecular flexibility index (Phi) is 4.24. The van der Waals surface area contributed by atoms with Crippen LogP contribution < -0.4 is 5.56 Å². The number of H-pyrrole nitrogens is 1. The number of morpholine rings is 1. The summed E-state index contributed by atoms with van der Waals surface area (Å²) in [5.41, 5.74) is 1.36. The van der Waals surface area contributed by atoms with Crippen LogP contribution >= 0.6 is 0 Å². The van der Waals surface area contributed by atoms with Crippen molar-refractivity contribution >= 4 is 5.91 Å². The Balaban J connectivity index is 1.69. The van der Waals surface area contributed by atoms with Gasteiger partial charge in [-0.15, -0.1) is 0 Å². The number of amides is 1. The quantitative estimate of drug-likeness (QED) is 0.872. The minimum Gasteiger partial charge on any atom is -0.367 e. The zero-order valence-corrected chi connectivity index (χ0v) is 13.2. The Bertz CT molecular complexity index is 766. The van der Waals surface area contributed by atoms with Gasteiger partial charge in [0.05, 0.1) is 18.8 Å². The van der Waals surface area contributed by atoms with E-state index in [1.165, 1.54) is 10.7 Å². The fourth-order valence-corrected chi connectivity index (χ4v) is 2.53. The van der Waals surface area contributed by atoms with Crippen LogP contribution in [0.15, 0.2) is 23.1 Å². The predicted molar refractivity (Wildman–Crippen MR) is 81.8 cm³/mol. The highest BCUT2D eigenvalue weighted by Crippen LogP contribution is 2.19. The van der Waals surface area contributed by atoms with Crippen molar-refractivity contribution in [1.82, 2.24) is 24.6 Å². The highest BCUT2D eigenvalue weighted by atomic mass is 16.5. The van der Waals surface area contributed by atoms with Crippen LogP contribution in [-0.2, 0) is 16.1 Å². The third-order valence-corrected chi connectivity index (χ3v) is 3.73. The third kappa shape index (κ3) is 3.48. The molecule has 1 aliphatic rings. The molecule has 1 N–H and O–H groups in total. The number of nitrogens with one attached hydrogen (secondary N) is 1. The molecule has 0 saturated carbocycles. The number of hydrogen-bond donors (Lipinski definition) is 1. The van der Waals surface area contributed by atoms with Gasteiger partial charge in [-0.3, -0.25) is 9.59 Å². The second kappa shape index (κ2) is 6.33. The number of rotatable bonds is 3. The smallest absolute Gasteiger partial charge is 0.267 e. The number of carbonyl (C=O) groups excluding carboxylic acids is 1. The Morgan fingerprint density at radius 3 is 3.00 bits per heavy atom. The second-order valence-corrected chi connectivity index (χ2v) is 5.62. The number of imidazole rings is 1. The Hall–Kier alpha value is -2.48. The van der Waals surface area contributed by atoms with Crippen molar-refractivity contribution in [2.45, 2.75) is 26.5 Å². The van der Waals surface area contributed by atoms with Gasteiger partial charge < -0.3 is 14.6 Å². The first-order chi connectivity index (χ1) is 11.0. The molecular weight excluding hydrogens is 298 g/mol. The van der Waals surface area contributed by atoms with Crippen LogP contribution in [0.3, 0.4) is 0 Å². The van der Waals surface area contributed by atoms with Gasteiger partial charge in [0, 0.05) is 24.5 Å². The van der Waals surface area contributed by atoms with Crippen molar-refractivity contribution in [1.29, 1.82) is 0 Å². The maximum Gasteiger partial charge on any atom is 0.267 e. The Morgan fingerprint density at radius 2 is 2.26 bits per heavy atom. The number of ether oxygens (including phenoxy) is 1. The molecule has 1 atom stereocenters. The molecule has 2 aromatic heterocycles. The first-order valence-electron chi connectivity index (χ1n) is 7.48. The molecule has 0 aliphatic carbocycles. The maximum atomic E-state index is 12.5. The van der Waals surface area contributed by atoms with E-state index in [4.69, 9.17) is 4.74 Å². The molecule has 23 heavy (non-hydrogen) atoms. The van der Waals surface area contributed by atoms with Crippen molar-refractivity contribution in [2.75, 3.05) is 19.7 Å². The van der Waals surface area contributed by atoms with Crippen molar-refractivity contribution in [2.24, 2.45) is 0 Å². The molecule has 1 aliphatic heterocycles. The maximum absolute atomic E-state index is 12.5. The van der Waals surface area contributed by atoms with Gasteiger partial charge in [-0.25, -0.2) is 9.67 Å². The Morgan fingerprint density at radius 1 is 1.43 bits per heavy atom. The normalized spacial score (nSPS) is 18.2. The molecule has 1 saturated heterocycles. The number of aromatic amines is 1. The van der Waals surface area contributed by atoms with Gasteiger partial charge in [0.2, 0.25) is 5.91 Å². The molecule has 1 amide bonds. The lowest BCUT2D eigenvalue weighted by Gasteiger charge is -2.32. The van der Waals surface area contributed by atoms with Crippen molar-refractivity contribution in [3.8, 4) is 0 Å². The summed E-state index contributed by atoms with van der Waals surface area (Å²) in [5.74, 6) is 0.563. The molecule has 8 heteroatoms. The van der Waals surface area contributed by atoms with Gasteiger partial charge in [0.1, 0.15) is 18.5 Å². The molecule has 0 radical (unpaired) electrons. The van der Waals surface area contributed by atoms with E-state index in [9.17, 15) is 9.59 Å². The number of aryl methyl sites for hydroxylation is 2. The molecule has 0 spiro atoms. The fourth-order valence-electron chi connectivity index (χ4n) is 2.53. The zero-order valence-electron chi connectivity index (χ0n) is 13.2. The van der Waals surface area contributed by atoms with Gasteiger partial charge in [-0.2, -0.15) is 5.10 Å². The summed E-state index contributed by atoms with van der Waals surface area (Å²) in [4.78, 5) is 33.3. The number of nitrogens with zero attached hydrogens (tertiary/aromatic N) is 4. The Labute approximate surface area is 133 Å². The van der Waals surface area contributed by atoms with Crippen LogP contribution in [0.1, 0.15) is 23.3 Å². The number of aromatic nitrogens is 4. The summed E-state index contributed by atoms with van der Waals surface area (Å²) < 4.78 is 6.87. The van der Waals surface area contributed by atoms with E-state index in [2.05, 4.69) is 15.1 Å². The predicted octanol–water partition coefficient (Wildman–Crippen LogP) is 0.183. The van der Waals surface area contributed by atoms with E-state index in [1.54, 1.807) is 24.1 Å². The van der Waals surface area contributed by atoms with Crippen molar-refractivity contribution in [3.05, 3.63) is 45.9 Å². The average molecular weight is 317 g/mol. The van der Waals surface area contributed by atoms with Gasteiger partial charge in [0.25, 0.3) is 5.56 Å². The number of carbonyl (C=O) groups is 1. The molecule has 1 fully saturated rings. The summed E-state index contributed by atoms with van der Waals surface area (Å²) in [6.07, 6.45) is 1.46.